The van der Waals surface area contributed by atoms with Crippen LogP contribution in [0.3, 0.4) is 0 Å². The SMILES string of the molecule is CCCCCCN(C(=O)C(CCSC)NC(=O)OC(C)(C)C)C(C(=O)NC(Cc1ccccc1)C(=O)OC(C)(C)C)c1ccc(O)cc1. The van der Waals surface area contributed by atoms with Gasteiger partial charge in [-0.1, -0.05) is 68.7 Å². The number of hydrogen-bond donors (Lipinski definition) is 3. The second kappa shape index (κ2) is 19.3. The molecule has 266 valence electrons. The fourth-order valence-electron chi connectivity index (χ4n) is 5.01. The third-order valence-corrected chi connectivity index (χ3v) is 7.84. The van der Waals surface area contributed by atoms with Crippen molar-refractivity contribution >= 4 is 35.6 Å². The summed E-state index contributed by atoms with van der Waals surface area (Å²) in [7, 11) is 0. The average Bonchev–Trinajstić information content (AvgIpc) is 2.99. The molecule has 11 heteroatoms. The molecule has 0 saturated carbocycles. The fraction of sp³-hybridized carbons (Fsp3) is 0.568. The number of nitrogens with zero attached hydrogens (tertiary/aromatic N) is 1. The van der Waals surface area contributed by atoms with Crippen LogP contribution in [-0.4, -0.2) is 75.7 Å². The lowest BCUT2D eigenvalue weighted by Gasteiger charge is -2.35. The number of amides is 3. The second-order valence-corrected chi connectivity index (χ2v) is 14.8. The van der Waals surface area contributed by atoms with Gasteiger partial charge in [0.15, 0.2) is 0 Å². The Bertz CT molecular complexity index is 1310. The predicted octanol–water partition coefficient (Wildman–Crippen LogP) is 6.56. The molecule has 48 heavy (non-hydrogen) atoms. The molecule has 0 aromatic heterocycles. The molecular weight excluding hydrogens is 630 g/mol. The molecule has 0 saturated heterocycles. The molecule has 2 rings (SSSR count). The minimum Gasteiger partial charge on any atom is -0.508 e. The van der Waals surface area contributed by atoms with E-state index in [2.05, 4.69) is 17.6 Å². The number of benzene rings is 2. The zero-order valence-electron chi connectivity index (χ0n) is 29.8. The predicted molar refractivity (Wildman–Crippen MR) is 191 cm³/mol. The number of hydrogen-bond acceptors (Lipinski definition) is 8. The van der Waals surface area contributed by atoms with E-state index in [1.165, 1.54) is 28.8 Å². The maximum atomic E-state index is 14.5. The minimum absolute atomic E-state index is 0.00104. The van der Waals surface area contributed by atoms with Gasteiger partial charge in [0.25, 0.3) is 0 Å². The molecular formula is C37H55N3O7S. The molecule has 0 aliphatic carbocycles. The summed E-state index contributed by atoms with van der Waals surface area (Å²) in [5.41, 5.74) is -0.314. The van der Waals surface area contributed by atoms with Gasteiger partial charge in [0.2, 0.25) is 11.8 Å². The molecule has 10 nitrogen and oxygen atoms in total. The number of aromatic hydroxyl groups is 1. The summed E-state index contributed by atoms with van der Waals surface area (Å²) in [4.78, 5) is 56.9. The van der Waals surface area contributed by atoms with E-state index in [0.29, 0.717) is 24.2 Å². The monoisotopic (exact) mass is 685 g/mol. The standard InChI is InChI=1S/C37H55N3O7S/c1-9-10-11-15-23-40(33(43)29(22-24-48-8)39-35(45)47-37(5,6)7)31(27-18-20-28(41)21-19-27)32(42)38-30(34(44)46-36(2,3)4)25-26-16-13-12-14-17-26/h12-14,16-21,29-31,41H,9-11,15,22-25H2,1-8H3,(H,38,42)(H,39,45). The lowest BCUT2D eigenvalue weighted by atomic mass is 9.99. The first kappa shape index (κ1) is 40.4. The summed E-state index contributed by atoms with van der Waals surface area (Å²) in [6.45, 7) is 12.8. The maximum Gasteiger partial charge on any atom is 0.408 e. The van der Waals surface area contributed by atoms with Crippen molar-refractivity contribution in [2.45, 2.75) is 116 Å². The number of carbonyl (C=O) groups excluding carboxylic acids is 4. The van der Waals surface area contributed by atoms with E-state index in [0.717, 1.165) is 24.8 Å². The molecule has 0 bridgehead atoms. The highest BCUT2D eigenvalue weighted by atomic mass is 32.2. The van der Waals surface area contributed by atoms with Crippen LogP contribution in [-0.2, 0) is 30.3 Å². The zero-order valence-corrected chi connectivity index (χ0v) is 30.7. The smallest absolute Gasteiger partial charge is 0.408 e. The van der Waals surface area contributed by atoms with Gasteiger partial charge in [0.05, 0.1) is 0 Å². The Kier molecular flexibility index (Phi) is 16.3. The van der Waals surface area contributed by atoms with Gasteiger partial charge in [-0.25, -0.2) is 9.59 Å². The minimum atomic E-state index is -1.18. The van der Waals surface area contributed by atoms with Gasteiger partial charge >= 0.3 is 12.1 Å². The largest absolute Gasteiger partial charge is 0.508 e. The molecule has 0 aliphatic rings. The summed E-state index contributed by atoms with van der Waals surface area (Å²) in [5, 5.41) is 15.7. The van der Waals surface area contributed by atoms with Crippen molar-refractivity contribution < 1.29 is 33.8 Å². The Labute approximate surface area is 290 Å². The highest BCUT2D eigenvalue weighted by Crippen LogP contribution is 2.27. The van der Waals surface area contributed by atoms with Crippen molar-refractivity contribution in [2.24, 2.45) is 0 Å². The number of alkyl carbamates (subject to hydrolysis) is 1. The van der Waals surface area contributed by atoms with Crippen LogP contribution >= 0.6 is 11.8 Å². The Morgan fingerprint density at radius 3 is 2.02 bits per heavy atom. The topological polar surface area (TPSA) is 134 Å². The van der Waals surface area contributed by atoms with Crippen molar-refractivity contribution in [3.63, 3.8) is 0 Å². The molecule has 0 spiro atoms. The molecule has 0 aliphatic heterocycles. The molecule has 0 fully saturated rings. The number of esters is 1. The highest BCUT2D eigenvalue weighted by molar-refractivity contribution is 7.98. The first-order valence-electron chi connectivity index (χ1n) is 16.7. The molecule has 3 N–H and O–H groups in total. The van der Waals surface area contributed by atoms with E-state index in [-0.39, 0.29) is 18.7 Å². The lowest BCUT2D eigenvalue weighted by molar-refractivity contribution is -0.159. The van der Waals surface area contributed by atoms with E-state index in [4.69, 9.17) is 9.47 Å². The van der Waals surface area contributed by atoms with E-state index in [9.17, 15) is 24.3 Å². The number of unbranched alkanes of at least 4 members (excludes halogenated alkanes) is 3. The van der Waals surface area contributed by atoms with Gasteiger partial charge in [-0.3, -0.25) is 9.59 Å². The van der Waals surface area contributed by atoms with Crippen LogP contribution in [0.5, 0.6) is 5.75 Å². The number of nitrogens with one attached hydrogen (secondary N) is 2. The van der Waals surface area contributed by atoms with Gasteiger partial charge < -0.3 is 30.1 Å². The number of rotatable bonds is 17. The van der Waals surface area contributed by atoms with Crippen molar-refractivity contribution in [3.8, 4) is 5.75 Å². The Balaban J connectivity index is 2.61. The van der Waals surface area contributed by atoms with Crippen LogP contribution in [0.15, 0.2) is 54.6 Å². The van der Waals surface area contributed by atoms with Crippen LogP contribution in [0.1, 0.15) is 97.7 Å². The van der Waals surface area contributed by atoms with Crippen LogP contribution in [0.2, 0.25) is 0 Å². The summed E-state index contributed by atoms with van der Waals surface area (Å²) in [6, 6.07) is 12.2. The number of phenolic OH excluding ortho intramolecular Hbond substituents is 1. The van der Waals surface area contributed by atoms with Gasteiger partial charge in [-0.05, 0) is 89.7 Å². The number of phenols is 1. The summed E-state index contributed by atoms with van der Waals surface area (Å²) >= 11 is 1.53. The van der Waals surface area contributed by atoms with Gasteiger partial charge in [-0.2, -0.15) is 11.8 Å². The molecule has 3 amide bonds. The Morgan fingerprint density at radius 2 is 1.46 bits per heavy atom. The Hall–Kier alpha value is -3.73. The van der Waals surface area contributed by atoms with E-state index in [1.54, 1.807) is 53.7 Å². The normalized spacial score (nSPS) is 13.5. The highest BCUT2D eigenvalue weighted by Gasteiger charge is 2.38. The first-order valence-corrected chi connectivity index (χ1v) is 18.1. The summed E-state index contributed by atoms with van der Waals surface area (Å²) < 4.78 is 11.2. The third-order valence-electron chi connectivity index (χ3n) is 7.19. The van der Waals surface area contributed by atoms with Crippen molar-refractivity contribution in [1.29, 1.82) is 0 Å². The van der Waals surface area contributed by atoms with E-state index >= 15 is 0 Å². The number of ether oxygens (including phenoxy) is 2. The molecule has 2 aromatic rings. The van der Waals surface area contributed by atoms with Gasteiger partial charge in [0, 0.05) is 13.0 Å². The van der Waals surface area contributed by atoms with Crippen LogP contribution < -0.4 is 10.6 Å². The quantitative estimate of drug-likeness (QED) is 0.126. The molecule has 0 radical (unpaired) electrons. The van der Waals surface area contributed by atoms with E-state index < -0.39 is 53.2 Å². The van der Waals surface area contributed by atoms with Gasteiger partial charge in [-0.15, -0.1) is 0 Å². The van der Waals surface area contributed by atoms with Crippen LogP contribution in [0.4, 0.5) is 4.79 Å². The first-order chi connectivity index (χ1) is 22.5. The van der Waals surface area contributed by atoms with Crippen molar-refractivity contribution in [3.05, 3.63) is 65.7 Å². The summed E-state index contributed by atoms with van der Waals surface area (Å²) in [5.74, 6) is -1.06. The van der Waals surface area contributed by atoms with E-state index in [1.807, 2.05) is 36.6 Å². The average molecular weight is 686 g/mol. The van der Waals surface area contributed by atoms with Crippen LogP contribution in [0, 0.1) is 0 Å². The Morgan fingerprint density at radius 1 is 0.833 bits per heavy atom. The van der Waals surface area contributed by atoms with Crippen LogP contribution in [0.25, 0.3) is 0 Å². The van der Waals surface area contributed by atoms with Crippen molar-refractivity contribution in [1.82, 2.24) is 15.5 Å². The molecule has 0 heterocycles. The zero-order chi connectivity index (χ0) is 35.9. The molecule has 2 aromatic carbocycles. The van der Waals surface area contributed by atoms with Gasteiger partial charge in [0.1, 0.15) is 35.1 Å². The lowest BCUT2D eigenvalue weighted by Crippen LogP contribution is -2.55. The summed E-state index contributed by atoms with van der Waals surface area (Å²) in [6.07, 6.45) is 5.02. The molecule has 3 atom stereocenters. The number of thioether (sulfide) groups is 1. The fourth-order valence-corrected chi connectivity index (χ4v) is 5.49. The third kappa shape index (κ3) is 14.6. The maximum absolute atomic E-state index is 14.5. The molecule has 3 unspecified atom stereocenters. The number of carbonyl (C=O) groups is 4. The second-order valence-electron chi connectivity index (χ2n) is 13.9. The van der Waals surface area contributed by atoms with Crippen molar-refractivity contribution in [2.75, 3.05) is 18.6 Å².